The first-order chi connectivity index (χ1) is 48.9. The third-order valence-corrected chi connectivity index (χ3v) is 20.9. The summed E-state index contributed by atoms with van der Waals surface area (Å²) in [6, 6.07) is 107. The van der Waals surface area contributed by atoms with E-state index in [1.54, 1.807) is 0 Å². The van der Waals surface area contributed by atoms with E-state index in [0.717, 1.165) is 139 Å². The minimum atomic E-state index is 0.824. The fraction of sp³-hybridized carbons (Fsp3) is 0.0323. The van der Waals surface area contributed by atoms with Gasteiger partial charge in [0.25, 0.3) is 0 Å². The molecule has 6 heteroatoms. The maximum Gasteiger partial charge on any atom is 0.159 e. The molecule has 14 aromatic carbocycles. The second kappa shape index (κ2) is 21.8. The lowest BCUT2D eigenvalue weighted by Gasteiger charge is -2.28. The van der Waals surface area contributed by atoms with Crippen LogP contribution in [0.4, 0.5) is 34.1 Å². The SMILES string of the molecule is C=C/C=C\c1c(C)oc2c(N(c3ccc4c(c3)c3cccc5c6c(-c7ccccc7)c7c(c(-c8ccccc8)c6n4c35)c3cccc4c5cc(N(c6cc(-c8ccccc8)ccc6C)c6cccc8c6oc6ccccc68)ccc5n7c43)c3cc(-c4ccccc4)ccc3C)cccc12. The van der Waals surface area contributed by atoms with Gasteiger partial charge in [0.1, 0.15) is 11.3 Å². The molecule has 0 atom stereocenters. The number of fused-ring (bicyclic) bond motifs is 16. The van der Waals surface area contributed by atoms with Crippen molar-refractivity contribution in [1.82, 2.24) is 8.80 Å². The molecule has 0 aliphatic carbocycles. The molecule has 0 amide bonds. The van der Waals surface area contributed by atoms with E-state index in [1.165, 1.54) is 70.9 Å². The summed E-state index contributed by atoms with van der Waals surface area (Å²) in [5.41, 5.74) is 28.4. The third-order valence-electron chi connectivity index (χ3n) is 20.9. The molecule has 6 aromatic heterocycles. The fourth-order valence-corrected chi connectivity index (χ4v) is 16.6. The average molecular weight is 1270 g/mol. The normalized spacial score (nSPS) is 12.2. The molecule has 466 valence electrons. The Bertz CT molecular complexity index is 6710. The topological polar surface area (TPSA) is 41.6 Å². The maximum absolute atomic E-state index is 6.93. The molecule has 6 heterocycles. The van der Waals surface area contributed by atoms with Crippen LogP contribution in [0.2, 0.25) is 0 Å². The van der Waals surface area contributed by atoms with Gasteiger partial charge in [-0.2, -0.15) is 0 Å². The van der Waals surface area contributed by atoms with E-state index in [0.29, 0.717) is 0 Å². The molecule has 20 rings (SSSR count). The van der Waals surface area contributed by atoms with Crippen LogP contribution in [0.15, 0.2) is 319 Å². The molecule has 0 saturated heterocycles. The fourth-order valence-electron chi connectivity index (χ4n) is 16.6. The number of para-hydroxylation sites is 5. The van der Waals surface area contributed by atoms with E-state index in [-0.39, 0.29) is 0 Å². The number of benzene rings is 14. The van der Waals surface area contributed by atoms with Crippen molar-refractivity contribution >= 4 is 149 Å². The van der Waals surface area contributed by atoms with Crippen molar-refractivity contribution in [2.75, 3.05) is 9.80 Å². The predicted octanol–water partition coefficient (Wildman–Crippen LogP) is 26.4. The van der Waals surface area contributed by atoms with Gasteiger partial charge in [-0.25, -0.2) is 0 Å². The number of nitrogens with zero attached hydrogens (tertiary/aromatic N) is 4. The molecular weight excluding hydrogens is 1210 g/mol. The van der Waals surface area contributed by atoms with Crippen molar-refractivity contribution in [3.8, 4) is 44.5 Å². The molecule has 0 aliphatic heterocycles. The summed E-state index contributed by atoms with van der Waals surface area (Å²) < 4.78 is 19.0. The van der Waals surface area contributed by atoms with Crippen LogP contribution in [0.25, 0.3) is 160 Å². The van der Waals surface area contributed by atoms with Crippen LogP contribution in [-0.4, -0.2) is 8.80 Å². The van der Waals surface area contributed by atoms with Crippen molar-refractivity contribution in [3.63, 3.8) is 0 Å². The summed E-state index contributed by atoms with van der Waals surface area (Å²) in [6.45, 7) is 10.5. The second-order valence-electron chi connectivity index (χ2n) is 26.4. The molecule has 0 bridgehead atoms. The van der Waals surface area contributed by atoms with Gasteiger partial charge in [0, 0.05) is 98.7 Å². The number of hydrogen-bond acceptors (Lipinski definition) is 4. The first kappa shape index (κ1) is 56.4. The number of allylic oxidation sites excluding steroid dienone is 2. The first-order valence-electron chi connectivity index (χ1n) is 34.0. The zero-order valence-corrected chi connectivity index (χ0v) is 54.8. The monoisotopic (exact) mass is 1270 g/mol. The smallest absolute Gasteiger partial charge is 0.159 e. The van der Waals surface area contributed by atoms with Gasteiger partial charge in [0.2, 0.25) is 0 Å². The summed E-state index contributed by atoms with van der Waals surface area (Å²) in [5, 5.41) is 12.8. The quantitative estimate of drug-likeness (QED) is 0.114. The Kier molecular flexibility index (Phi) is 12.4. The van der Waals surface area contributed by atoms with E-state index in [2.05, 4.69) is 343 Å². The lowest BCUT2D eigenvalue weighted by Crippen LogP contribution is -2.12. The number of furan rings is 2. The van der Waals surface area contributed by atoms with E-state index in [1.807, 2.05) is 12.2 Å². The lowest BCUT2D eigenvalue weighted by molar-refractivity contribution is 0.578. The van der Waals surface area contributed by atoms with E-state index in [4.69, 9.17) is 8.83 Å². The molecule has 99 heavy (non-hydrogen) atoms. The minimum absolute atomic E-state index is 0.824. The van der Waals surface area contributed by atoms with Crippen LogP contribution in [0, 0.1) is 20.8 Å². The Morgan fingerprint density at radius 1 is 0.323 bits per heavy atom. The number of hydrogen-bond donors (Lipinski definition) is 0. The summed E-state index contributed by atoms with van der Waals surface area (Å²) in [7, 11) is 0. The van der Waals surface area contributed by atoms with Crippen LogP contribution in [0.1, 0.15) is 22.5 Å². The molecule has 0 radical (unpaired) electrons. The Morgan fingerprint density at radius 2 is 0.747 bits per heavy atom. The Hall–Kier alpha value is -12.9. The van der Waals surface area contributed by atoms with Gasteiger partial charge in [-0.3, -0.25) is 0 Å². The zero-order valence-electron chi connectivity index (χ0n) is 54.8. The molecule has 0 aliphatic rings. The van der Waals surface area contributed by atoms with Gasteiger partial charge in [-0.1, -0.05) is 249 Å². The van der Waals surface area contributed by atoms with Crippen LogP contribution < -0.4 is 9.80 Å². The highest BCUT2D eigenvalue weighted by atomic mass is 16.3. The van der Waals surface area contributed by atoms with E-state index >= 15 is 0 Å². The summed E-state index contributed by atoms with van der Waals surface area (Å²) in [5.74, 6) is 0.853. The number of rotatable bonds is 12. The highest BCUT2D eigenvalue weighted by molar-refractivity contribution is 6.38. The van der Waals surface area contributed by atoms with Gasteiger partial charge in [0.05, 0.1) is 44.5 Å². The van der Waals surface area contributed by atoms with Crippen LogP contribution in [-0.2, 0) is 0 Å². The Morgan fingerprint density at radius 3 is 1.25 bits per heavy atom. The molecule has 6 nitrogen and oxygen atoms in total. The van der Waals surface area contributed by atoms with Crippen LogP contribution in [0.3, 0.4) is 0 Å². The number of aryl methyl sites for hydroxylation is 3. The summed E-state index contributed by atoms with van der Waals surface area (Å²) in [4.78, 5) is 4.85. The molecule has 0 N–H and O–H groups in total. The Labute approximate surface area is 571 Å². The van der Waals surface area contributed by atoms with Crippen LogP contribution in [0.5, 0.6) is 0 Å². The third kappa shape index (κ3) is 8.30. The van der Waals surface area contributed by atoms with E-state index in [9.17, 15) is 0 Å². The largest absolute Gasteiger partial charge is 0.459 e. The average Bonchev–Trinajstić information content (AvgIpc) is 1.50. The minimum Gasteiger partial charge on any atom is -0.459 e. The van der Waals surface area contributed by atoms with Gasteiger partial charge >= 0.3 is 0 Å². The lowest BCUT2D eigenvalue weighted by atomic mass is 9.89. The van der Waals surface area contributed by atoms with E-state index < -0.39 is 0 Å². The van der Waals surface area contributed by atoms with Gasteiger partial charge in [0.15, 0.2) is 11.2 Å². The summed E-state index contributed by atoms with van der Waals surface area (Å²) in [6.07, 6.45) is 5.90. The molecule has 0 fully saturated rings. The van der Waals surface area contributed by atoms with Gasteiger partial charge in [-0.15, -0.1) is 0 Å². The van der Waals surface area contributed by atoms with Crippen molar-refractivity contribution in [2.45, 2.75) is 20.8 Å². The van der Waals surface area contributed by atoms with Crippen LogP contribution >= 0.6 is 0 Å². The maximum atomic E-state index is 6.93. The van der Waals surface area contributed by atoms with Gasteiger partial charge < -0.3 is 27.4 Å². The highest BCUT2D eigenvalue weighted by Crippen LogP contribution is 2.56. The van der Waals surface area contributed by atoms with Crippen molar-refractivity contribution in [2.24, 2.45) is 0 Å². The zero-order chi connectivity index (χ0) is 65.7. The second-order valence-corrected chi connectivity index (χ2v) is 26.4. The van der Waals surface area contributed by atoms with Crippen molar-refractivity contribution in [1.29, 1.82) is 0 Å². The predicted molar refractivity (Wildman–Crippen MR) is 417 cm³/mol. The summed E-state index contributed by atoms with van der Waals surface area (Å²) >= 11 is 0. The van der Waals surface area contributed by atoms with Crippen molar-refractivity contribution < 1.29 is 8.83 Å². The molecule has 0 spiro atoms. The molecule has 0 unspecified atom stereocenters. The number of aromatic nitrogens is 2. The molecular formula is C93H62N4O2. The standard InChI is InChI=1S/C93H62N4O2/c1-5-6-33-67-58(4)98-92-71(67)37-23-41-79(92)94(81-52-63(46-44-56(81)2)59-25-11-7-12-26-59)65-48-50-77-75(54-65)69-35-21-39-73-86-85(62-31-17-10-18-32-62)91-87(84(61-29-15-9-16-30-61)90(86)96(77)88(69)73)74-40-22-36-70-76-55-66(49-51-78(76)97(91)89(70)74)95(82-53-64(47-45-57(82)3)60-27-13-8-14-28-60)80-42-24-38-72-68-34-19-20-43-83(68)99-93(72)80/h5-55H,1H2,2-4H3/b33-6-. The first-order valence-corrected chi connectivity index (χ1v) is 34.0. The number of anilines is 6. The highest BCUT2D eigenvalue weighted by Gasteiger charge is 2.33. The van der Waals surface area contributed by atoms with Crippen molar-refractivity contribution in [3.05, 3.63) is 332 Å². The Balaban J connectivity index is 0.866. The molecule has 20 aromatic rings. The van der Waals surface area contributed by atoms with Gasteiger partial charge in [-0.05, 0) is 132 Å². The molecule has 0 saturated carbocycles.